The number of aliphatic hydroxyl groups excluding tert-OH is 2. The topological polar surface area (TPSA) is 247 Å². The molecule has 1 aliphatic heterocycles. The van der Waals surface area contributed by atoms with Crippen molar-refractivity contribution in [2.45, 2.75) is 62.9 Å². The summed E-state index contributed by atoms with van der Waals surface area (Å²) in [6, 6.07) is -4.94. The lowest BCUT2D eigenvalue weighted by atomic mass is 10.1. The van der Waals surface area contributed by atoms with Crippen molar-refractivity contribution in [1.29, 1.82) is 0 Å². The molecular weight excluding hydrogens is 426 g/mol. The average molecular weight is 460 g/mol. The first kappa shape index (κ1) is 27.1. The standard InChI is InChI=1S/C18H33N7O7/c1-9(27)13(24-14(28)10(19)4-2-6-22-18(20)21)15(29)23-11(8-26)16(30)25-7-3-5-12(25)17(31)32/h9-13,26-27H,2-8,19H2,1H3,(H,23,29)(H,24,28)(H,31,32)(H4,20,21,22). The van der Waals surface area contributed by atoms with Gasteiger partial charge >= 0.3 is 5.97 Å². The first-order chi connectivity index (χ1) is 15.0. The SMILES string of the molecule is CC(O)C(NC(=O)C(N)CCCN=C(N)N)C(=O)NC(CO)C(=O)N1CCCC1C(=O)O. The van der Waals surface area contributed by atoms with Crippen LogP contribution >= 0.6 is 0 Å². The Hall–Kier alpha value is -2.97. The minimum Gasteiger partial charge on any atom is -0.480 e. The molecule has 1 rings (SSSR count). The number of amides is 3. The van der Waals surface area contributed by atoms with Gasteiger partial charge in [0.1, 0.15) is 18.1 Å². The van der Waals surface area contributed by atoms with E-state index in [2.05, 4.69) is 15.6 Å². The van der Waals surface area contributed by atoms with Gasteiger partial charge in [0, 0.05) is 13.1 Å². The molecule has 0 saturated carbocycles. The Morgan fingerprint density at radius 1 is 1.19 bits per heavy atom. The van der Waals surface area contributed by atoms with Gasteiger partial charge in [-0.25, -0.2) is 4.79 Å². The lowest BCUT2D eigenvalue weighted by molar-refractivity contribution is -0.150. The van der Waals surface area contributed by atoms with Gasteiger partial charge in [-0.3, -0.25) is 19.4 Å². The molecule has 14 heteroatoms. The highest BCUT2D eigenvalue weighted by Gasteiger charge is 2.38. The average Bonchev–Trinajstić information content (AvgIpc) is 3.22. The fraction of sp³-hybridized carbons (Fsp3) is 0.722. The molecule has 1 aliphatic rings. The predicted octanol–water partition coefficient (Wildman–Crippen LogP) is -4.21. The number of likely N-dealkylation sites (tertiary alicyclic amines) is 1. The minimum atomic E-state index is -1.46. The molecule has 14 nitrogen and oxygen atoms in total. The van der Waals surface area contributed by atoms with Crippen LogP contribution in [0.1, 0.15) is 32.6 Å². The van der Waals surface area contributed by atoms with Crippen LogP contribution < -0.4 is 27.8 Å². The second-order valence-electron chi connectivity index (χ2n) is 7.55. The summed E-state index contributed by atoms with van der Waals surface area (Å²) in [4.78, 5) is 53.7. The minimum absolute atomic E-state index is 0.0922. The maximum absolute atomic E-state index is 12.6. The van der Waals surface area contributed by atoms with Crippen molar-refractivity contribution in [3.8, 4) is 0 Å². The molecule has 182 valence electrons. The zero-order valence-corrected chi connectivity index (χ0v) is 17.9. The van der Waals surface area contributed by atoms with Crippen molar-refractivity contribution in [2.75, 3.05) is 19.7 Å². The normalized spacial score (nSPS) is 19.4. The summed E-state index contributed by atoms with van der Waals surface area (Å²) in [5, 5.41) is 33.3. The molecule has 0 radical (unpaired) electrons. The third-order valence-corrected chi connectivity index (χ3v) is 4.99. The number of rotatable bonds is 12. The Kier molecular flexibility index (Phi) is 10.8. The predicted molar refractivity (Wildman–Crippen MR) is 113 cm³/mol. The molecule has 0 aromatic heterocycles. The smallest absolute Gasteiger partial charge is 0.326 e. The molecule has 0 aromatic rings. The van der Waals surface area contributed by atoms with Crippen molar-refractivity contribution in [2.24, 2.45) is 22.2 Å². The number of nitrogens with zero attached hydrogens (tertiary/aromatic N) is 2. The van der Waals surface area contributed by atoms with Crippen LogP contribution in [0.2, 0.25) is 0 Å². The van der Waals surface area contributed by atoms with E-state index in [1.54, 1.807) is 0 Å². The summed E-state index contributed by atoms with van der Waals surface area (Å²) >= 11 is 0. The number of aliphatic carboxylic acids is 1. The highest BCUT2D eigenvalue weighted by molar-refractivity contribution is 5.94. The maximum Gasteiger partial charge on any atom is 0.326 e. The fourth-order valence-electron chi connectivity index (χ4n) is 3.25. The third-order valence-electron chi connectivity index (χ3n) is 4.99. The summed E-state index contributed by atoms with van der Waals surface area (Å²) in [7, 11) is 0. The van der Waals surface area contributed by atoms with Gasteiger partial charge in [-0.15, -0.1) is 0 Å². The summed E-state index contributed by atoms with van der Waals surface area (Å²) in [6.45, 7) is 0.898. The summed E-state index contributed by atoms with van der Waals surface area (Å²) in [5.41, 5.74) is 16.2. The van der Waals surface area contributed by atoms with Gasteiger partial charge in [0.25, 0.3) is 0 Å². The quantitative estimate of drug-likeness (QED) is 0.0793. The lowest BCUT2D eigenvalue weighted by Gasteiger charge is -2.28. The Morgan fingerprint density at radius 2 is 1.84 bits per heavy atom. The number of hydrogen-bond acceptors (Lipinski definition) is 8. The van der Waals surface area contributed by atoms with Crippen LogP contribution in [0.15, 0.2) is 4.99 Å². The molecule has 11 N–H and O–H groups in total. The van der Waals surface area contributed by atoms with Crippen LogP contribution in [0, 0.1) is 0 Å². The van der Waals surface area contributed by atoms with Crippen LogP contribution in [-0.2, 0) is 19.2 Å². The van der Waals surface area contributed by atoms with E-state index in [0.29, 0.717) is 12.8 Å². The first-order valence-corrected chi connectivity index (χ1v) is 10.2. The number of aliphatic hydroxyl groups is 2. The van der Waals surface area contributed by atoms with Gasteiger partial charge in [0.05, 0.1) is 18.8 Å². The largest absolute Gasteiger partial charge is 0.480 e. The molecule has 0 aliphatic carbocycles. The molecule has 0 bridgehead atoms. The van der Waals surface area contributed by atoms with E-state index in [0.717, 1.165) is 4.90 Å². The van der Waals surface area contributed by atoms with E-state index >= 15 is 0 Å². The number of guanidine groups is 1. The molecule has 1 saturated heterocycles. The number of nitrogens with two attached hydrogens (primary N) is 3. The first-order valence-electron chi connectivity index (χ1n) is 10.2. The zero-order valence-electron chi connectivity index (χ0n) is 17.9. The number of carboxylic acid groups (broad SMARTS) is 1. The zero-order chi connectivity index (χ0) is 24.4. The number of carboxylic acids is 1. The monoisotopic (exact) mass is 459 g/mol. The maximum atomic E-state index is 12.6. The van der Waals surface area contributed by atoms with Crippen molar-refractivity contribution < 1.29 is 34.5 Å². The molecule has 0 aromatic carbocycles. The summed E-state index contributed by atoms with van der Waals surface area (Å²) in [5.74, 6) is -3.68. The summed E-state index contributed by atoms with van der Waals surface area (Å²) in [6.07, 6.45) is 0.00328. The summed E-state index contributed by atoms with van der Waals surface area (Å²) < 4.78 is 0. The van der Waals surface area contributed by atoms with Crippen molar-refractivity contribution in [1.82, 2.24) is 15.5 Å². The fourth-order valence-corrected chi connectivity index (χ4v) is 3.25. The molecule has 3 amide bonds. The van der Waals surface area contributed by atoms with E-state index in [-0.39, 0.29) is 31.9 Å². The van der Waals surface area contributed by atoms with Gasteiger partial charge < -0.3 is 48.1 Å². The number of carbonyl (C=O) groups is 4. The molecule has 5 unspecified atom stereocenters. The highest BCUT2D eigenvalue weighted by Crippen LogP contribution is 2.18. The lowest BCUT2D eigenvalue weighted by Crippen LogP contribution is -2.60. The van der Waals surface area contributed by atoms with E-state index in [1.165, 1.54) is 6.92 Å². The second-order valence-corrected chi connectivity index (χ2v) is 7.55. The Labute approximate surface area is 185 Å². The van der Waals surface area contributed by atoms with Crippen molar-refractivity contribution >= 4 is 29.7 Å². The second kappa shape index (κ2) is 12.8. The number of nitrogens with one attached hydrogen (secondary N) is 2. The van der Waals surface area contributed by atoms with Gasteiger partial charge in [-0.05, 0) is 32.6 Å². The van der Waals surface area contributed by atoms with E-state index < -0.39 is 60.6 Å². The molecule has 1 fully saturated rings. The Morgan fingerprint density at radius 3 is 2.38 bits per heavy atom. The van der Waals surface area contributed by atoms with E-state index in [9.17, 15) is 34.5 Å². The van der Waals surface area contributed by atoms with Crippen molar-refractivity contribution in [3.05, 3.63) is 0 Å². The van der Waals surface area contributed by atoms with E-state index in [4.69, 9.17) is 17.2 Å². The molecule has 5 atom stereocenters. The molecule has 32 heavy (non-hydrogen) atoms. The van der Waals surface area contributed by atoms with Gasteiger partial charge in [-0.1, -0.05) is 0 Å². The molecule has 1 heterocycles. The van der Waals surface area contributed by atoms with Gasteiger partial charge in [0.15, 0.2) is 5.96 Å². The number of hydrogen-bond donors (Lipinski definition) is 8. The molecular formula is C18H33N7O7. The highest BCUT2D eigenvalue weighted by atomic mass is 16.4. The van der Waals surface area contributed by atoms with E-state index in [1.807, 2.05) is 0 Å². The van der Waals surface area contributed by atoms with Gasteiger partial charge in [0.2, 0.25) is 17.7 Å². The third kappa shape index (κ3) is 7.94. The Bertz CT molecular complexity index is 712. The van der Waals surface area contributed by atoms with Crippen LogP contribution in [0.25, 0.3) is 0 Å². The number of aliphatic imine (C=N–C) groups is 1. The molecule has 0 spiro atoms. The number of carbonyl (C=O) groups excluding carboxylic acids is 3. The van der Waals surface area contributed by atoms with Gasteiger partial charge in [-0.2, -0.15) is 0 Å². The van der Waals surface area contributed by atoms with Crippen LogP contribution in [0.4, 0.5) is 0 Å². The van der Waals surface area contributed by atoms with Crippen molar-refractivity contribution in [3.63, 3.8) is 0 Å². The van der Waals surface area contributed by atoms with Crippen LogP contribution in [0.3, 0.4) is 0 Å². The Balaban J connectivity index is 2.74. The van der Waals surface area contributed by atoms with Crippen LogP contribution in [-0.4, -0.2) is 99.8 Å². The van der Waals surface area contributed by atoms with Crippen LogP contribution in [0.5, 0.6) is 0 Å².